The van der Waals surface area contributed by atoms with Gasteiger partial charge in [0.25, 0.3) is 5.91 Å². The third-order valence-corrected chi connectivity index (χ3v) is 2.95. The highest BCUT2D eigenvalue weighted by Crippen LogP contribution is 2.16. The first kappa shape index (κ1) is 14.0. The van der Waals surface area contributed by atoms with Crippen molar-refractivity contribution in [2.45, 2.75) is 19.8 Å². The number of nitrogens with zero attached hydrogens (tertiary/aromatic N) is 1. The van der Waals surface area contributed by atoms with Gasteiger partial charge in [-0.15, -0.1) is 0 Å². The van der Waals surface area contributed by atoms with Crippen molar-refractivity contribution in [1.82, 2.24) is 15.3 Å². The summed E-state index contributed by atoms with van der Waals surface area (Å²) in [6.45, 7) is 2.03. The predicted octanol–water partition coefficient (Wildman–Crippen LogP) is 1.80. The fourth-order valence-electron chi connectivity index (χ4n) is 1.95. The lowest BCUT2D eigenvalue weighted by Gasteiger charge is -2.08. The van der Waals surface area contributed by atoms with Gasteiger partial charge in [-0.1, -0.05) is 0 Å². The molecule has 0 atom stereocenters. The molecule has 106 valence electrons. The number of rotatable bonds is 5. The fraction of sp³-hybridized carbons (Fsp3) is 0.286. The molecule has 4 N–H and O–H groups in total. The number of nitrogens with two attached hydrogens (primary N) is 1. The minimum Gasteiger partial charge on any atom is -0.399 e. The van der Waals surface area contributed by atoms with E-state index in [9.17, 15) is 9.18 Å². The maximum atomic E-state index is 13.8. The van der Waals surface area contributed by atoms with E-state index >= 15 is 0 Å². The molecule has 0 aliphatic carbocycles. The van der Waals surface area contributed by atoms with E-state index in [0.29, 0.717) is 17.8 Å². The lowest BCUT2D eigenvalue weighted by Crippen LogP contribution is -2.26. The highest BCUT2D eigenvalue weighted by atomic mass is 19.1. The number of hydrogen-bond acceptors (Lipinski definition) is 3. The Morgan fingerprint density at radius 3 is 3.00 bits per heavy atom. The first-order valence-electron chi connectivity index (χ1n) is 6.40. The summed E-state index contributed by atoms with van der Waals surface area (Å²) in [6.07, 6.45) is 4.88. The van der Waals surface area contributed by atoms with Crippen LogP contribution in [0.25, 0.3) is 0 Å². The number of benzene rings is 1. The zero-order valence-electron chi connectivity index (χ0n) is 11.2. The second kappa shape index (κ2) is 6.18. The van der Waals surface area contributed by atoms with Gasteiger partial charge in [-0.25, -0.2) is 9.37 Å². The summed E-state index contributed by atoms with van der Waals surface area (Å²) in [6, 6.07) is 2.85. The van der Waals surface area contributed by atoms with Crippen LogP contribution in [0.4, 0.5) is 10.1 Å². The predicted molar refractivity (Wildman–Crippen MR) is 74.8 cm³/mol. The summed E-state index contributed by atoms with van der Waals surface area (Å²) < 4.78 is 13.8. The second-order valence-corrected chi connectivity index (χ2v) is 4.59. The van der Waals surface area contributed by atoms with Crippen LogP contribution in [0.3, 0.4) is 0 Å². The SMILES string of the molecule is Cc1cc(N)cc(C(=O)NCCCc2ncc[nH]2)c1F. The van der Waals surface area contributed by atoms with E-state index in [1.807, 2.05) is 0 Å². The Labute approximate surface area is 116 Å². The minimum absolute atomic E-state index is 0.0134. The molecule has 5 nitrogen and oxygen atoms in total. The molecule has 1 amide bonds. The number of anilines is 1. The summed E-state index contributed by atoms with van der Waals surface area (Å²) in [4.78, 5) is 19.0. The van der Waals surface area contributed by atoms with Gasteiger partial charge in [-0.2, -0.15) is 0 Å². The van der Waals surface area contributed by atoms with Crippen LogP contribution >= 0.6 is 0 Å². The Hall–Kier alpha value is -2.37. The highest BCUT2D eigenvalue weighted by molar-refractivity contribution is 5.95. The van der Waals surface area contributed by atoms with Crippen LogP contribution in [0.1, 0.15) is 28.2 Å². The van der Waals surface area contributed by atoms with Crippen molar-refractivity contribution in [3.63, 3.8) is 0 Å². The molecule has 0 saturated carbocycles. The standard InChI is InChI=1S/C14H17FN4O/c1-9-7-10(16)8-11(13(9)15)14(20)19-4-2-3-12-17-5-6-18-12/h5-8H,2-4,16H2,1H3,(H,17,18)(H,19,20). The largest absolute Gasteiger partial charge is 0.399 e. The van der Waals surface area contributed by atoms with Gasteiger partial charge in [0.2, 0.25) is 0 Å². The summed E-state index contributed by atoms with van der Waals surface area (Å²) >= 11 is 0. The lowest BCUT2D eigenvalue weighted by atomic mass is 10.1. The molecule has 1 aromatic heterocycles. The highest BCUT2D eigenvalue weighted by Gasteiger charge is 2.14. The van der Waals surface area contributed by atoms with E-state index in [2.05, 4.69) is 15.3 Å². The normalized spacial score (nSPS) is 10.5. The van der Waals surface area contributed by atoms with Crippen LogP contribution in [0.5, 0.6) is 0 Å². The van der Waals surface area contributed by atoms with Gasteiger partial charge in [0.15, 0.2) is 0 Å². The van der Waals surface area contributed by atoms with Crippen LogP contribution in [0.2, 0.25) is 0 Å². The zero-order chi connectivity index (χ0) is 14.5. The van der Waals surface area contributed by atoms with Crippen LogP contribution in [0, 0.1) is 12.7 Å². The molecule has 0 spiro atoms. The Morgan fingerprint density at radius 1 is 1.50 bits per heavy atom. The molecule has 0 unspecified atom stereocenters. The Balaban J connectivity index is 1.89. The molecule has 0 saturated heterocycles. The van der Waals surface area contributed by atoms with Crippen LogP contribution in [-0.2, 0) is 6.42 Å². The van der Waals surface area contributed by atoms with Crippen molar-refractivity contribution < 1.29 is 9.18 Å². The molecule has 0 fully saturated rings. The van der Waals surface area contributed by atoms with Gasteiger partial charge < -0.3 is 16.0 Å². The molecule has 2 rings (SSSR count). The second-order valence-electron chi connectivity index (χ2n) is 4.59. The Kier molecular flexibility index (Phi) is 4.34. The molecule has 0 aliphatic heterocycles. The lowest BCUT2D eigenvalue weighted by molar-refractivity contribution is 0.0949. The van der Waals surface area contributed by atoms with Gasteiger partial charge in [0, 0.05) is 31.0 Å². The Bertz CT molecular complexity index is 595. The fourth-order valence-corrected chi connectivity index (χ4v) is 1.95. The maximum Gasteiger partial charge on any atom is 0.254 e. The van der Waals surface area contributed by atoms with Crippen LogP contribution in [-0.4, -0.2) is 22.4 Å². The molecule has 0 aliphatic rings. The Morgan fingerprint density at radius 2 is 2.30 bits per heavy atom. The van der Waals surface area contributed by atoms with Crippen LogP contribution in [0.15, 0.2) is 24.5 Å². The molecular formula is C14H17FN4O. The van der Waals surface area contributed by atoms with Crippen molar-refractivity contribution >= 4 is 11.6 Å². The van der Waals surface area contributed by atoms with E-state index in [1.54, 1.807) is 19.3 Å². The number of aryl methyl sites for hydroxylation is 2. The molecule has 6 heteroatoms. The van der Waals surface area contributed by atoms with E-state index in [1.165, 1.54) is 12.1 Å². The van der Waals surface area contributed by atoms with Crippen molar-refractivity contribution in [1.29, 1.82) is 0 Å². The number of aromatic nitrogens is 2. The minimum atomic E-state index is -0.525. The summed E-state index contributed by atoms with van der Waals surface area (Å²) in [7, 11) is 0. The number of hydrogen-bond donors (Lipinski definition) is 3. The van der Waals surface area contributed by atoms with Crippen molar-refractivity contribution in [2.75, 3.05) is 12.3 Å². The molecule has 0 bridgehead atoms. The molecule has 2 aromatic rings. The first-order chi connectivity index (χ1) is 9.58. The van der Waals surface area contributed by atoms with Gasteiger partial charge in [-0.05, 0) is 31.0 Å². The number of aromatic amines is 1. The van der Waals surface area contributed by atoms with Gasteiger partial charge in [-0.3, -0.25) is 4.79 Å². The third-order valence-electron chi connectivity index (χ3n) is 2.95. The average molecular weight is 276 g/mol. The smallest absolute Gasteiger partial charge is 0.254 e. The first-order valence-corrected chi connectivity index (χ1v) is 6.40. The maximum absolute atomic E-state index is 13.8. The van der Waals surface area contributed by atoms with Gasteiger partial charge >= 0.3 is 0 Å². The zero-order valence-corrected chi connectivity index (χ0v) is 11.2. The van der Waals surface area contributed by atoms with Gasteiger partial charge in [0.1, 0.15) is 11.6 Å². The number of carbonyl (C=O) groups excluding carboxylic acids is 1. The number of amides is 1. The number of imidazole rings is 1. The topological polar surface area (TPSA) is 83.8 Å². The summed E-state index contributed by atoms with van der Waals surface area (Å²) in [5, 5.41) is 2.68. The van der Waals surface area contributed by atoms with E-state index in [4.69, 9.17) is 5.73 Å². The molecular weight excluding hydrogens is 259 g/mol. The average Bonchev–Trinajstić information content (AvgIpc) is 2.91. The van der Waals surface area contributed by atoms with E-state index in [0.717, 1.165) is 18.7 Å². The van der Waals surface area contributed by atoms with Gasteiger partial charge in [0.05, 0.1) is 5.56 Å². The van der Waals surface area contributed by atoms with Crippen LogP contribution < -0.4 is 11.1 Å². The number of halogens is 1. The number of carbonyl (C=O) groups is 1. The quantitative estimate of drug-likeness (QED) is 0.575. The molecule has 1 aromatic carbocycles. The number of nitrogen functional groups attached to an aromatic ring is 1. The van der Waals surface area contributed by atoms with E-state index < -0.39 is 11.7 Å². The summed E-state index contributed by atoms with van der Waals surface area (Å²) in [5.74, 6) is -0.106. The monoisotopic (exact) mass is 276 g/mol. The molecule has 1 heterocycles. The third kappa shape index (κ3) is 3.34. The number of nitrogens with one attached hydrogen (secondary N) is 2. The molecule has 0 radical (unpaired) electrons. The van der Waals surface area contributed by atoms with Crippen molar-refractivity contribution in [2.24, 2.45) is 0 Å². The number of H-pyrrole nitrogens is 1. The molecule has 20 heavy (non-hydrogen) atoms. The summed E-state index contributed by atoms with van der Waals surface area (Å²) in [5.41, 5.74) is 6.36. The van der Waals surface area contributed by atoms with Crippen molar-refractivity contribution in [3.8, 4) is 0 Å². The van der Waals surface area contributed by atoms with E-state index in [-0.39, 0.29) is 5.56 Å². The van der Waals surface area contributed by atoms with Crippen molar-refractivity contribution in [3.05, 3.63) is 47.3 Å².